The van der Waals surface area contributed by atoms with Crippen LogP contribution in [0.5, 0.6) is 5.75 Å². The molecular formula is C14H16N2O3S. The van der Waals surface area contributed by atoms with Gasteiger partial charge in [-0.25, -0.2) is 9.78 Å². The molecule has 0 aliphatic heterocycles. The molecule has 0 atom stereocenters. The molecule has 1 heterocycles. The van der Waals surface area contributed by atoms with Gasteiger partial charge in [0.2, 0.25) is 0 Å². The van der Waals surface area contributed by atoms with Gasteiger partial charge in [0.1, 0.15) is 5.75 Å². The van der Waals surface area contributed by atoms with E-state index < -0.39 is 5.97 Å². The predicted molar refractivity (Wildman–Crippen MR) is 79.2 cm³/mol. The molecule has 6 heteroatoms. The summed E-state index contributed by atoms with van der Waals surface area (Å²) in [5, 5.41) is 3.87. The van der Waals surface area contributed by atoms with Crippen LogP contribution in [0.4, 0.5) is 10.8 Å². The van der Waals surface area contributed by atoms with Gasteiger partial charge in [-0.05, 0) is 37.6 Å². The number of carbonyl (C=O) groups is 1. The number of esters is 1. The maximum Gasteiger partial charge on any atom is 0.357 e. The molecule has 20 heavy (non-hydrogen) atoms. The Morgan fingerprint density at radius 1 is 1.30 bits per heavy atom. The molecule has 1 aromatic carbocycles. The van der Waals surface area contributed by atoms with Crippen LogP contribution in [0.15, 0.2) is 18.2 Å². The summed E-state index contributed by atoms with van der Waals surface area (Å²) in [6.07, 6.45) is 0. The van der Waals surface area contributed by atoms with Crippen LogP contribution in [0.2, 0.25) is 0 Å². The highest BCUT2D eigenvalue weighted by molar-refractivity contribution is 7.15. The van der Waals surface area contributed by atoms with Gasteiger partial charge in [0, 0.05) is 10.6 Å². The maximum atomic E-state index is 11.5. The fourth-order valence-corrected chi connectivity index (χ4v) is 2.57. The van der Waals surface area contributed by atoms with Gasteiger partial charge in [0.25, 0.3) is 0 Å². The molecule has 2 rings (SSSR count). The van der Waals surface area contributed by atoms with Crippen LogP contribution in [0, 0.1) is 13.8 Å². The van der Waals surface area contributed by atoms with E-state index in [0.717, 1.165) is 21.9 Å². The summed E-state index contributed by atoms with van der Waals surface area (Å²) in [6.45, 7) is 3.82. The number of aromatic nitrogens is 1. The van der Waals surface area contributed by atoms with E-state index in [0.29, 0.717) is 10.8 Å². The second-order valence-corrected chi connectivity index (χ2v) is 5.42. The molecule has 2 aromatic rings. The minimum atomic E-state index is -0.418. The van der Waals surface area contributed by atoms with Crippen LogP contribution in [0.1, 0.15) is 20.9 Å². The lowest BCUT2D eigenvalue weighted by atomic mass is 10.2. The lowest BCUT2D eigenvalue weighted by molar-refractivity contribution is 0.0594. The van der Waals surface area contributed by atoms with Crippen LogP contribution in [-0.4, -0.2) is 25.2 Å². The van der Waals surface area contributed by atoms with Crippen molar-refractivity contribution < 1.29 is 14.3 Å². The van der Waals surface area contributed by atoms with Gasteiger partial charge in [-0.15, -0.1) is 11.3 Å². The van der Waals surface area contributed by atoms with E-state index in [2.05, 4.69) is 10.3 Å². The van der Waals surface area contributed by atoms with Gasteiger partial charge in [0.05, 0.1) is 14.2 Å². The van der Waals surface area contributed by atoms with Gasteiger partial charge in [-0.2, -0.15) is 0 Å². The number of nitrogens with zero attached hydrogens (tertiary/aromatic N) is 1. The fourth-order valence-electron chi connectivity index (χ4n) is 1.75. The minimum Gasteiger partial charge on any atom is -0.497 e. The topological polar surface area (TPSA) is 60.5 Å². The summed E-state index contributed by atoms with van der Waals surface area (Å²) in [5.41, 5.74) is 2.32. The average molecular weight is 292 g/mol. The zero-order valence-corrected chi connectivity index (χ0v) is 12.6. The molecule has 0 amide bonds. The zero-order valence-electron chi connectivity index (χ0n) is 11.8. The van der Waals surface area contributed by atoms with Crippen molar-refractivity contribution in [2.24, 2.45) is 0 Å². The number of hydrogen-bond donors (Lipinski definition) is 1. The van der Waals surface area contributed by atoms with E-state index in [1.807, 2.05) is 32.0 Å². The summed E-state index contributed by atoms with van der Waals surface area (Å²) in [6, 6.07) is 5.73. The number of rotatable bonds is 4. The standard InChI is InChI=1S/C14H16N2O3S/c1-8-7-10(18-3)5-6-11(8)15-14-16-12(9(2)20-14)13(17)19-4/h5-7H,1-4H3,(H,15,16). The van der Waals surface area contributed by atoms with Gasteiger partial charge < -0.3 is 14.8 Å². The van der Waals surface area contributed by atoms with Gasteiger partial charge in [-0.3, -0.25) is 0 Å². The molecule has 1 N–H and O–H groups in total. The second kappa shape index (κ2) is 5.92. The third kappa shape index (κ3) is 2.91. The Labute approximate surface area is 121 Å². The van der Waals surface area contributed by atoms with E-state index >= 15 is 0 Å². The molecule has 0 saturated heterocycles. The number of aryl methyl sites for hydroxylation is 2. The maximum absolute atomic E-state index is 11.5. The molecule has 0 unspecified atom stereocenters. The van der Waals surface area contributed by atoms with Crippen LogP contribution in [0.3, 0.4) is 0 Å². The van der Waals surface area contributed by atoms with Crippen LogP contribution in [-0.2, 0) is 4.74 Å². The Kier molecular flexibility index (Phi) is 4.24. The number of benzene rings is 1. The quantitative estimate of drug-likeness (QED) is 0.876. The van der Waals surface area contributed by atoms with Crippen molar-refractivity contribution in [1.29, 1.82) is 0 Å². The number of ether oxygens (including phenoxy) is 2. The molecule has 0 bridgehead atoms. The van der Waals surface area contributed by atoms with E-state index in [4.69, 9.17) is 9.47 Å². The van der Waals surface area contributed by atoms with Crippen molar-refractivity contribution >= 4 is 28.1 Å². The summed E-state index contributed by atoms with van der Waals surface area (Å²) in [4.78, 5) is 16.6. The third-order valence-corrected chi connectivity index (χ3v) is 3.74. The third-order valence-electron chi connectivity index (χ3n) is 2.85. The SMILES string of the molecule is COC(=O)c1nc(Nc2ccc(OC)cc2C)sc1C. The number of thiazole rings is 1. The number of anilines is 2. The first kappa shape index (κ1) is 14.3. The van der Waals surface area contributed by atoms with Crippen LogP contribution in [0.25, 0.3) is 0 Å². The second-order valence-electron chi connectivity index (χ2n) is 4.22. The smallest absolute Gasteiger partial charge is 0.357 e. The normalized spacial score (nSPS) is 10.2. The summed E-state index contributed by atoms with van der Waals surface area (Å²) in [5.74, 6) is 0.386. The molecular weight excluding hydrogens is 276 g/mol. The van der Waals surface area contributed by atoms with Crippen molar-refractivity contribution in [1.82, 2.24) is 4.98 Å². The minimum absolute atomic E-state index is 0.353. The van der Waals surface area contributed by atoms with Crippen molar-refractivity contribution in [3.63, 3.8) is 0 Å². The van der Waals surface area contributed by atoms with E-state index in [9.17, 15) is 4.79 Å². The number of nitrogens with one attached hydrogen (secondary N) is 1. The Balaban J connectivity index is 2.24. The Morgan fingerprint density at radius 2 is 2.05 bits per heavy atom. The molecule has 0 spiro atoms. The lowest BCUT2D eigenvalue weighted by Gasteiger charge is -2.08. The largest absolute Gasteiger partial charge is 0.497 e. The Morgan fingerprint density at radius 3 is 2.65 bits per heavy atom. The molecule has 0 aliphatic carbocycles. The van der Waals surface area contributed by atoms with E-state index in [1.54, 1.807) is 7.11 Å². The lowest BCUT2D eigenvalue weighted by Crippen LogP contribution is -2.03. The van der Waals surface area contributed by atoms with Gasteiger partial charge in [-0.1, -0.05) is 0 Å². The molecule has 0 saturated carbocycles. The summed E-state index contributed by atoms with van der Waals surface area (Å²) in [7, 11) is 2.98. The van der Waals surface area contributed by atoms with Gasteiger partial charge >= 0.3 is 5.97 Å². The highest BCUT2D eigenvalue weighted by atomic mass is 32.1. The zero-order chi connectivity index (χ0) is 14.7. The number of hydrogen-bond acceptors (Lipinski definition) is 6. The first-order chi connectivity index (χ1) is 9.55. The molecule has 106 valence electrons. The molecule has 0 radical (unpaired) electrons. The molecule has 0 fully saturated rings. The van der Waals surface area contributed by atoms with Crippen LogP contribution < -0.4 is 10.1 Å². The van der Waals surface area contributed by atoms with Crippen LogP contribution >= 0.6 is 11.3 Å². The van der Waals surface area contributed by atoms with Crippen molar-refractivity contribution in [3.8, 4) is 5.75 Å². The predicted octanol–water partition coefficient (Wildman–Crippen LogP) is 3.30. The first-order valence-electron chi connectivity index (χ1n) is 6.02. The van der Waals surface area contributed by atoms with Crippen molar-refractivity contribution in [2.45, 2.75) is 13.8 Å². The number of methoxy groups -OCH3 is 2. The number of carbonyl (C=O) groups excluding carboxylic acids is 1. The van der Waals surface area contributed by atoms with Crippen molar-refractivity contribution in [2.75, 3.05) is 19.5 Å². The fraction of sp³-hybridized carbons (Fsp3) is 0.286. The summed E-state index contributed by atoms with van der Waals surface area (Å²) < 4.78 is 9.86. The Bertz CT molecular complexity index is 637. The Hall–Kier alpha value is -2.08. The van der Waals surface area contributed by atoms with Crippen molar-refractivity contribution in [3.05, 3.63) is 34.3 Å². The summed E-state index contributed by atoms with van der Waals surface area (Å²) >= 11 is 1.42. The van der Waals surface area contributed by atoms with Gasteiger partial charge in [0.15, 0.2) is 10.8 Å². The molecule has 0 aliphatic rings. The average Bonchev–Trinajstić information content (AvgIpc) is 2.81. The van der Waals surface area contributed by atoms with E-state index in [-0.39, 0.29) is 0 Å². The van der Waals surface area contributed by atoms with E-state index in [1.165, 1.54) is 18.4 Å². The monoisotopic (exact) mass is 292 g/mol. The first-order valence-corrected chi connectivity index (χ1v) is 6.84. The molecule has 1 aromatic heterocycles. The molecule has 5 nitrogen and oxygen atoms in total. The highest BCUT2D eigenvalue weighted by Crippen LogP contribution is 2.28. The highest BCUT2D eigenvalue weighted by Gasteiger charge is 2.16.